The summed E-state index contributed by atoms with van der Waals surface area (Å²) in [5.41, 5.74) is 2.20. The van der Waals surface area contributed by atoms with E-state index < -0.39 is 0 Å². The number of halogens is 3. The summed E-state index contributed by atoms with van der Waals surface area (Å²) < 4.78 is 35.0. The van der Waals surface area contributed by atoms with Gasteiger partial charge in [0.1, 0.15) is 11.6 Å². The van der Waals surface area contributed by atoms with Crippen molar-refractivity contribution < 1.29 is 13.5 Å². The molecule has 0 aliphatic carbocycles. The Balaban J connectivity index is 1.88. The van der Waals surface area contributed by atoms with Crippen LogP contribution in [0, 0.1) is 11.6 Å². The summed E-state index contributed by atoms with van der Waals surface area (Å²) in [5.74, 6) is 0.0108. The Bertz CT molecular complexity index is 861. The van der Waals surface area contributed by atoms with Crippen molar-refractivity contribution in [3.05, 3.63) is 70.3 Å². The lowest BCUT2D eigenvalue weighted by atomic mass is 10.1. The first-order valence-corrected chi connectivity index (χ1v) is 8.86. The minimum Gasteiger partial charge on any atom is -0.383 e. The van der Waals surface area contributed by atoms with Gasteiger partial charge in [0.25, 0.3) is 0 Å². The Morgan fingerprint density at radius 3 is 2.62 bits per heavy atom. The third-order valence-electron chi connectivity index (χ3n) is 4.00. The predicted molar refractivity (Wildman–Crippen MR) is 101 cm³/mol. The number of hydrogen-bond donors (Lipinski definition) is 1. The van der Waals surface area contributed by atoms with Gasteiger partial charge in [0.2, 0.25) is 5.95 Å². The second kappa shape index (κ2) is 8.42. The summed E-state index contributed by atoms with van der Waals surface area (Å²) in [6, 6.07) is 11.1. The molecule has 2 aromatic carbocycles. The number of nitrogens with one attached hydrogen (secondary N) is 1. The Labute approximate surface area is 159 Å². The lowest BCUT2D eigenvalue weighted by Gasteiger charge is -2.14. The fourth-order valence-electron chi connectivity index (χ4n) is 2.65. The number of methoxy groups -OCH3 is 1. The summed E-state index contributed by atoms with van der Waals surface area (Å²) in [5, 5.41) is 3.17. The van der Waals surface area contributed by atoms with Crippen molar-refractivity contribution in [2.75, 3.05) is 19.0 Å². The van der Waals surface area contributed by atoms with Gasteiger partial charge in [-0.25, -0.2) is 13.8 Å². The van der Waals surface area contributed by atoms with Crippen molar-refractivity contribution in [2.24, 2.45) is 0 Å². The van der Waals surface area contributed by atoms with Gasteiger partial charge in [-0.15, -0.1) is 0 Å². The molecule has 1 N–H and O–H groups in total. The summed E-state index contributed by atoms with van der Waals surface area (Å²) in [4.78, 5) is 4.41. The van der Waals surface area contributed by atoms with E-state index in [0.29, 0.717) is 29.1 Å². The maximum atomic E-state index is 14.0. The van der Waals surface area contributed by atoms with Crippen LogP contribution in [0.1, 0.15) is 5.56 Å². The molecule has 3 aromatic rings. The van der Waals surface area contributed by atoms with Gasteiger partial charge in [0, 0.05) is 35.8 Å². The van der Waals surface area contributed by atoms with Gasteiger partial charge in [-0.3, -0.25) is 0 Å². The van der Waals surface area contributed by atoms with Crippen LogP contribution in [-0.4, -0.2) is 23.3 Å². The standard InChI is InChI=1S/C19H18BrF2N3O/c1-26-10-9-25-18(13-5-7-14(21)8-6-13)12-24-19(25)23-11-15-16(20)3-2-4-17(15)22/h2-8,12H,9-11H2,1H3,(H,23,24). The number of hydrogen-bond acceptors (Lipinski definition) is 3. The van der Waals surface area contributed by atoms with Crippen LogP contribution in [-0.2, 0) is 17.8 Å². The van der Waals surface area contributed by atoms with E-state index in [0.717, 1.165) is 11.3 Å². The number of nitrogens with zero attached hydrogens (tertiary/aromatic N) is 2. The Morgan fingerprint density at radius 1 is 1.15 bits per heavy atom. The second-order valence-electron chi connectivity index (χ2n) is 5.67. The Kier molecular flexibility index (Phi) is 6.00. The average Bonchev–Trinajstić information content (AvgIpc) is 3.03. The Hall–Kier alpha value is -2.25. The van der Waals surface area contributed by atoms with Crippen LogP contribution in [0.25, 0.3) is 11.3 Å². The van der Waals surface area contributed by atoms with E-state index in [9.17, 15) is 8.78 Å². The monoisotopic (exact) mass is 421 g/mol. The topological polar surface area (TPSA) is 39.1 Å². The number of aromatic nitrogens is 2. The molecule has 0 bridgehead atoms. The largest absolute Gasteiger partial charge is 0.383 e. The lowest BCUT2D eigenvalue weighted by Crippen LogP contribution is -2.12. The molecule has 0 atom stereocenters. The highest BCUT2D eigenvalue weighted by Crippen LogP contribution is 2.25. The molecule has 0 saturated carbocycles. The lowest BCUT2D eigenvalue weighted by molar-refractivity contribution is 0.188. The molecule has 0 fully saturated rings. The first-order chi connectivity index (χ1) is 12.6. The van der Waals surface area contributed by atoms with Crippen LogP contribution in [0.3, 0.4) is 0 Å². The fraction of sp³-hybridized carbons (Fsp3) is 0.211. The van der Waals surface area contributed by atoms with Gasteiger partial charge in [-0.05, 0) is 36.4 Å². The predicted octanol–water partition coefficient (Wildman–Crippen LogP) is 4.85. The minimum absolute atomic E-state index is 0.278. The van der Waals surface area contributed by atoms with Crippen LogP contribution >= 0.6 is 15.9 Å². The van der Waals surface area contributed by atoms with E-state index in [1.54, 1.807) is 37.6 Å². The van der Waals surface area contributed by atoms with Gasteiger partial charge < -0.3 is 14.6 Å². The van der Waals surface area contributed by atoms with E-state index >= 15 is 0 Å². The molecule has 0 aliphatic rings. The van der Waals surface area contributed by atoms with E-state index in [1.165, 1.54) is 18.2 Å². The number of benzene rings is 2. The van der Waals surface area contributed by atoms with Crippen molar-refractivity contribution in [2.45, 2.75) is 13.1 Å². The fourth-order valence-corrected chi connectivity index (χ4v) is 3.13. The number of anilines is 1. The third-order valence-corrected chi connectivity index (χ3v) is 4.74. The maximum absolute atomic E-state index is 14.0. The van der Waals surface area contributed by atoms with Gasteiger partial charge in [0.05, 0.1) is 18.5 Å². The number of ether oxygens (including phenoxy) is 1. The quantitative estimate of drug-likeness (QED) is 0.592. The molecule has 0 saturated heterocycles. The highest BCUT2D eigenvalue weighted by atomic mass is 79.9. The van der Waals surface area contributed by atoms with Crippen molar-refractivity contribution in [1.29, 1.82) is 0 Å². The van der Waals surface area contributed by atoms with E-state index in [4.69, 9.17) is 4.74 Å². The van der Waals surface area contributed by atoms with Crippen LogP contribution in [0.15, 0.2) is 53.1 Å². The molecule has 4 nitrogen and oxygen atoms in total. The third kappa shape index (κ3) is 4.11. The van der Waals surface area contributed by atoms with Crippen LogP contribution in [0.4, 0.5) is 14.7 Å². The van der Waals surface area contributed by atoms with E-state index in [2.05, 4.69) is 26.2 Å². The summed E-state index contributed by atoms with van der Waals surface area (Å²) >= 11 is 3.37. The molecular weight excluding hydrogens is 404 g/mol. The average molecular weight is 422 g/mol. The zero-order valence-corrected chi connectivity index (χ0v) is 15.8. The molecule has 7 heteroatoms. The molecular formula is C19H18BrF2N3O. The first-order valence-electron chi connectivity index (χ1n) is 8.07. The number of imidazole rings is 1. The zero-order chi connectivity index (χ0) is 18.5. The van der Waals surface area contributed by atoms with E-state index in [-0.39, 0.29) is 18.2 Å². The summed E-state index contributed by atoms with van der Waals surface area (Å²) in [6.07, 6.45) is 1.71. The molecule has 3 rings (SSSR count). The van der Waals surface area contributed by atoms with Crippen molar-refractivity contribution >= 4 is 21.9 Å². The normalized spacial score (nSPS) is 10.9. The summed E-state index contributed by atoms with van der Waals surface area (Å²) in [6.45, 7) is 1.33. The molecule has 0 unspecified atom stereocenters. The number of rotatable bonds is 7. The van der Waals surface area contributed by atoms with Crippen molar-refractivity contribution in [1.82, 2.24) is 9.55 Å². The molecule has 0 aliphatic heterocycles. The van der Waals surface area contributed by atoms with Gasteiger partial charge in [-0.1, -0.05) is 22.0 Å². The molecule has 0 spiro atoms. The zero-order valence-electron chi connectivity index (χ0n) is 14.2. The van der Waals surface area contributed by atoms with E-state index in [1.807, 2.05) is 4.57 Å². The molecule has 136 valence electrons. The molecule has 0 radical (unpaired) electrons. The van der Waals surface area contributed by atoms with Crippen LogP contribution in [0.2, 0.25) is 0 Å². The summed E-state index contributed by atoms with van der Waals surface area (Å²) in [7, 11) is 1.62. The smallest absolute Gasteiger partial charge is 0.203 e. The highest BCUT2D eigenvalue weighted by molar-refractivity contribution is 9.10. The van der Waals surface area contributed by atoms with Crippen LogP contribution < -0.4 is 5.32 Å². The van der Waals surface area contributed by atoms with Crippen LogP contribution in [0.5, 0.6) is 0 Å². The molecule has 0 amide bonds. The molecule has 1 aromatic heterocycles. The first kappa shape index (κ1) is 18.5. The van der Waals surface area contributed by atoms with Crippen molar-refractivity contribution in [3.63, 3.8) is 0 Å². The minimum atomic E-state index is -0.292. The van der Waals surface area contributed by atoms with Crippen molar-refractivity contribution in [3.8, 4) is 11.3 Å². The maximum Gasteiger partial charge on any atom is 0.203 e. The highest BCUT2D eigenvalue weighted by Gasteiger charge is 2.13. The van der Waals surface area contributed by atoms with Gasteiger partial charge in [-0.2, -0.15) is 0 Å². The molecule has 1 heterocycles. The molecule has 26 heavy (non-hydrogen) atoms. The van der Waals surface area contributed by atoms with Gasteiger partial charge >= 0.3 is 0 Å². The van der Waals surface area contributed by atoms with Gasteiger partial charge in [0.15, 0.2) is 0 Å². The second-order valence-corrected chi connectivity index (χ2v) is 6.53. The Morgan fingerprint density at radius 2 is 1.92 bits per heavy atom. The SMILES string of the molecule is COCCn1c(-c2ccc(F)cc2)cnc1NCc1c(F)cccc1Br.